The number of nitrogens with zero attached hydrogens (tertiary/aromatic N) is 4. The molecule has 1 aliphatic heterocycles. The molecule has 9 nitrogen and oxygen atoms in total. The van der Waals surface area contributed by atoms with Gasteiger partial charge in [0, 0.05) is 44.0 Å². The molecule has 0 bridgehead atoms. The summed E-state index contributed by atoms with van der Waals surface area (Å²) in [5.41, 5.74) is -0.961. The zero-order valence-corrected chi connectivity index (χ0v) is 13.6. The van der Waals surface area contributed by atoms with Crippen molar-refractivity contribution in [2.24, 2.45) is 0 Å². The predicted octanol–water partition coefficient (Wildman–Crippen LogP) is -0.213. The SMILES string of the molecule is O=C(CCn1ccc(=O)[nH]c1=O)N1CCC[C@H](Oc2ccncn2)C1. The van der Waals surface area contributed by atoms with Gasteiger partial charge in [0.25, 0.3) is 5.56 Å². The van der Waals surface area contributed by atoms with Crippen LogP contribution in [0.15, 0.2) is 40.4 Å². The summed E-state index contributed by atoms with van der Waals surface area (Å²) >= 11 is 0. The lowest BCUT2D eigenvalue weighted by molar-refractivity contribution is -0.134. The second kappa shape index (κ2) is 7.73. The van der Waals surface area contributed by atoms with Gasteiger partial charge in [0.2, 0.25) is 11.8 Å². The number of H-pyrrole nitrogens is 1. The van der Waals surface area contributed by atoms with Crippen molar-refractivity contribution in [1.29, 1.82) is 0 Å². The number of aryl methyl sites for hydroxylation is 1. The molecule has 1 amide bonds. The van der Waals surface area contributed by atoms with E-state index >= 15 is 0 Å². The molecule has 1 saturated heterocycles. The van der Waals surface area contributed by atoms with Crippen molar-refractivity contribution in [3.8, 4) is 5.88 Å². The van der Waals surface area contributed by atoms with Crippen LogP contribution in [0.1, 0.15) is 19.3 Å². The summed E-state index contributed by atoms with van der Waals surface area (Å²) in [6.07, 6.45) is 6.20. The first-order valence-corrected chi connectivity index (χ1v) is 8.12. The fourth-order valence-electron chi connectivity index (χ4n) is 2.77. The number of rotatable bonds is 5. The number of aromatic amines is 1. The van der Waals surface area contributed by atoms with Gasteiger partial charge in [0.1, 0.15) is 12.4 Å². The van der Waals surface area contributed by atoms with Crippen LogP contribution < -0.4 is 16.0 Å². The van der Waals surface area contributed by atoms with E-state index in [9.17, 15) is 14.4 Å². The molecule has 25 heavy (non-hydrogen) atoms. The number of hydrogen-bond donors (Lipinski definition) is 1. The van der Waals surface area contributed by atoms with Gasteiger partial charge in [-0.3, -0.25) is 14.6 Å². The Morgan fingerprint density at radius 3 is 3.00 bits per heavy atom. The summed E-state index contributed by atoms with van der Waals surface area (Å²) in [7, 11) is 0. The third-order valence-electron chi connectivity index (χ3n) is 4.04. The lowest BCUT2D eigenvalue weighted by Gasteiger charge is -2.32. The molecule has 0 radical (unpaired) electrons. The number of likely N-dealkylation sites (tertiary alicyclic amines) is 1. The number of amides is 1. The van der Waals surface area contributed by atoms with Crippen LogP contribution in [0.2, 0.25) is 0 Å². The topological polar surface area (TPSA) is 110 Å². The van der Waals surface area contributed by atoms with Crippen LogP contribution >= 0.6 is 0 Å². The van der Waals surface area contributed by atoms with Crippen molar-refractivity contribution in [3.05, 3.63) is 51.7 Å². The Morgan fingerprint density at radius 2 is 2.24 bits per heavy atom. The van der Waals surface area contributed by atoms with Gasteiger partial charge < -0.3 is 14.2 Å². The first-order valence-electron chi connectivity index (χ1n) is 8.12. The summed E-state index contributed by atoms with van der Waals surface area (Å²) in [6, 6.07) is 2.95. The molecule has 3 rings (SSSR count). The number of ether oxygens (including phenoxy) is 1. The van der Waals surface area contributed by atoms with Crippen LogP contribution in [0.5, 0.6) is 5.88 Å². The molecule has 2 aromatic rings. The van der Waals surface area contributed by atoms with Crippen molar-refractivity contribution in [1.82, 2.24) is 24.4 Å². The molecule has 0 aromatic carbocycles. The molecule has 1 fully saturated rings. The van der Waals surface area contributed by atoms with E-state index in [-0.39, 0.29) is 25.0 Å². The van der Waals surface area contributed by atoms with Crippen molar-refractivity contribution in [2.45, 2.75) is 31.9 Å². The highest BCUT2D eigenvalue weighted by atomic mass is 16.5. The predicted molar refractivity (Wildman–Crippen MR) is 88.2 cm³/mol. The normalized spacial score (nSPS) is 17.3. The molecule has 0 aliphatic carbocycles. The van der Waals surface area contributed by atoms with E-state index in [1.165, 1.54) is 23.2 Å². The summed E-state index contributed by atoms with van der Waals surface area (Å²) in [5, 5.41) is 0. The fourth-order valence-corrected chi connectivity index (χ4v) is 2.77. The van der Waals surface area contributed by atoms with Gasteiger partial charge in [-0.25, -0.2) is 14.8 Å². The molecular formula is C16H19N5O4. The Hall–Kier alpha value is -2.97. The summed E-state index contributed by atoms with van der Waals surface area (Å²) in [6.45, 7) is 1.38. The highest BCUT2D eigenvalue weighted by Gasteiger charge is 2.25. The summed E-state index contributed by atoms with van der Waals surface area (Å²) in [4.78, 5) is 46.9. The Labute approximate surface area is 143 Å². The third-order valence-corrected chi connectivity index (χ3v) is 4.04. The minimum absolute atomic E-state index is 0.0471. The van der Waals surface area contributed by atoms with Crippen molar-refractivity contribution in [2.75, 3.05) is 13.1 Å². The Kier molecular flexibility index (Phi) is 5.22. The number of aromatic nitrogens is 4. The third kappa shape index (κ3) is 4.52. The second-order valence-corrected chi connectivity index (χ2v) is 5.82. The highest BCUT2D eigenvalue weighted by molar-refractivity contribution is 5.76. The van der Waals surface area contributed by atoms with E-state index in [1.54, 1.807) is 17.2 Å². The lowest BCUT2D eigenvalue weighted by Crippen LogP contribution is -2.45. The van der Waals surface area contributed by atoms with E-state index in [1.807, 2.05) is 0 Å². The minimum Gasteiger partial charge on any atom is -0.472 e. The first-order chi connectivity index (χ1) is 12.1. The molecule has 3 heterocycles. The molecule has 1 N–H and O–H groups in total. The zero-order valence-electron chi connectivity index (χ0n) is 13.6. The van der Waals surface area contributed by atoms with Crippen LogP contribution in [0.25, 0.3) is 0 Å². The number of piperidine rings is 1. The first kappa shape index (κ1) is 16.9. The molecule has 0 spiro atoms. The maximum atomic E-state index is 12.4. The van der Waals surface area contributed by atoms with Gasteiger partial charge in [0.05, 0.1) is 6.54 Å². The standard InChI is InChI=1S/C16H19N5O4/c22-13-4-8-20(16(24)19-13)9-5-15(23)21-7-1-2-12(10-21)25-14-3-6-17-11-18-14/h3-4,6,8,11-12H,1-2,5,7,9-10H2,(H,19,22,24)/t12-/m0/s1. The average Bonchev–Trinajstić information content (AvgIpc) is 2.62. The highest BCUT2D eigenvalue weighted by Crippen LogP contribution is 2.16. The molecule has 9 heteroatoms. The van der Waals surface area contributed by atoms with Crippen LogP contribution in [-0.2, 0) is 11.3 Å². The van der Waals surface area contributed by atoms with Gasteiger partial charge in [-0.2, -0.15) is 0 Å². The molecule has 0 saturated carbocycles. The number of carbonyl (C=O) groups is 1. The molecular weight excluding hydrogens is 326 g/mol. The fraction of sp³-hybridized carbons (Fsp3) is 0.438. The van der Waals surface area contributed by atoms with Gasteiger partial charge >= 0.3 is 5.69 Å². The molecule has 1 atom stereocenters. The molecule has 0 unspecified atom stereocenters. The zero-order chi connectivity index (χ0) is 17.6. The summed E-state index contributed by atoms with van der Waals surface area (Å²) < 4.78 is 7.11. The van der Waals surface area contributed by atoms with Gasteiger partial charge in [-0.15, -0.1) is 0 Å². The number of carbonyl (C=O) groups excluding carboxylic acids is 1. The average molecular weight is 345 g/mol. The van der Waals surface area contributed by atoms with Crippen LogP contribution in [0.4, 0.5) is 0 Å². The Morgan fingerprint density at radius 1 is 1.36 bits per heavy atom. The smallest absolute Gasteiger partial charge is 0.328 e. The largest absolute Gasteiger partial charge is 0.472 e. The Bertz CT molecular complexity index is 832. The quantitative estimate of drug-likeness (QED) is 0.803. The number of nitrogens with one attached hydrogen (secondary N) is 1. The minimum atomic E-state index is -0.510. The van der Waals surface area contributed by atoms with E-state index in [0.29, 0.717) is 19.0 Å². The van der Waals surface area contributed by atoms with E-state index in [4.69, 9.17) is 4.74 Å². The molecule has 132 valence electrons. The van der Waals surface area contributed by atoms with Gasteiger partial charge in [-0.05, 0) is 12.8 Å². The van der Waals surface area contributed by atoms with Crippen LogP contribution in [0.3, 0.4) is 0 Å². The van der Waals surface area contributed by atoms with Crippen LogP contribution in [0, 0.1) is 0 Å². The van der Waals surface area contributed by atoms with Crippen molar-refractivity contribution < 1.29 is 9.53 Å². The maximum Gasteiger partial charge on any atom is 0.328 e. The van der Waals surface area contributed by atoms with Crippen LogP contribution in [-0.4, -0.2) is 49.5 Å². The molecule has 1 aliphatic rings. The Balaban J connectivity index is 1.54. The molecule has 2 aromatic heterocycles. The maximum absolute atomic E-state index is 12.4. The summed E-state index contributed by atoms with van der Waals surface area (Å²) in [5.74, 6) is 0.447. The van der Waals surface area contributed by atoms with E-state index in [2.05, 4.69) is 15.0 Å². The van der Waals surface area contributed by atoms with Crippen molar-refractivity contribution >= 4 is 5.91 Å². The van der Waals surface area contributed by atoms with E-state index in [0.717, 1.165) is 12.8 Å². The lowest BCUT2D eigenvalue weighted by atomic mass is 10.1. The van der Waals surface area contributed by atoms with Gasteiger partial charge in [0.15, 0.2) is 0 Å². The monoisotopic (exact) mass is 345 g/mol. The number of hydrogen-bond acceptors (Lipinski definition) is 6. The van der Waals surface area contributed by atoms with Gasteiger partial charge in [-0.1, -0.05) is 0 Å². The second-order valence-electron chi connectivity index (χ2n) is 5.82. The van der Waals surface area contributed by atoms with Crippen molar-refractivity contribution in [3.63, 3.8) is 0 Å². The van der Waals surface area contributed by atoms with E-state index < -0.39 is 11.2 Å².